The number of hydrogen-bond acceptors (Lipinski definition) is 6. The van der Waals surface area contributed by atoms with Crippen LogP contribution >= 0.6 is 23.2 Å². The molecule has 0 saturated carbocycles. The normalized spacial score (nSPS) is 23.6. The number of halogens is 2. The second kappa shape index (κ2) is 10.4. The number of fused-ring (bicyclic) bond motifs is 1. The van der Waals surface area contributed by atoms with E-state index in [1.807, 2.05) is 57.2 Å². The number of furan rings is 1. The summed E-state index contributed by atoms with van der Waals surface area (Å²) in [6.45, 7) is 9.02. The lowest BCUT2D eigenvalue weighted by Crippen LogP contribution is -2.41. The highest BCUT2D eigenvalue weighted by Crippen LogP contribution is 2.46. The van der Waals surface area contributed by atoms with Crippen LogP contribution in [0.15, 0.2) is 57.0 Å². The van der Waals surface area contributed by atoms with E-state index in [1.54, 1.807) is 4.90 Å². The Morgan fingerprint density at radius 2 is 1.93 bits per heavy atom. The molecule has 3 aliphatic rings. The largest absolute Gasteiger partial charge is 0.433 e. The second-order valence-corrected chi connectivity index (χ2v) is 12.4. The van der Waals surface area contributed by atoms with E-state index in [2.05, 4.69) is 29.6 Å². The molecule has 1 saturated heterocycles. The molecule has 1 amide bonds. The van der Waals surface area contributed by atoms with Crippen LogP contribution in [0.25, 0.3) is 6.08 Å². The van der Waals surface area contributed by atoms with Gasteiger partial charge in [-0.3, -0.25) is 9.59 Å². The summed E-state index contributed by atoms with van der Waals surface area (Å²) in [5, 5.41) is 6.21. The van der Waals surface area contributed by atoms with E-state index in [4.69, 9.17) is 32.6 Å². The highest BCUT2D eigenvalue weighted by atomic mass is 35.5. The molecule has 6 rings (SSSR count). The summed E-state index contributed by atoms with van der Waals surface area (Å²) in [6, 6.07) is 13.3. The standard InChI is InChI=1S/C32H32Cl2N4O3/c1-17(2)28(40)29-27(38-13-5-6-26(38)39)23-15-32(4,20-8-10-21(33)11-9-20)30(36-31(23)41-29)22-12-7-19(14-25(22)34)24-16-35-37-18(24)3/h7-12,14-15,17,24,30,35H,5-6,13,16H2,1-4H3. The number of hydrogen-bond donors (Lipinski definition) is 1. The highest BCUT2D eigenvalue weighted by Gasteiger charge is 2.41. The smallest absolute Gasteiger partial charge is 0.227 e. The van der Waals surface area contributed by atoms with Crippen LogP contribution in [-0.2, 0) is 10.2 Å². The molecular weight excluding hydrogens is 559 g/mol. The van der Waals surface area contributed by atoms with Gasteiger partial charge in [-0.1, -0.05) is 67.4 Å². The third-order valence-corrected chi connectivity index (χ3v) is 9.07. The Morgan fingerprint density at radius 3 is 2.54 bits per heavy atom. The van der Waals surface area contributed by atoms with E-state index < -0.39 is 11.5 Å². The fraction of sp³-hybridized carbons (Fsp3) is 0.375. The van der Waals surface area contributed by atoms with Gasteiger partial charge in [-0.15, -0.1) is 0 Å². The summed E-state index contributed by atoms with van der Waals surface area (Å²) in [4.78, 5) is 33.2. The van der Waals surface area contributed by atoms with Gasteiger partial charge in [0.25, 0.3) is 0 Å². The first-order valence-electron chi connectivity index (χ1n) is 14.0. The van der Waals surface area contributed by atoms with Crippen LogP contribution in [-0.4, -0.2) is 30.5 Å². The number of Topliss-reactive ketones (excluding diaryl/α,β-unsaturated/α-hetero) is 1. The molecule has 0 spiro atoms. The maximum absolute atomic E-state index is 13.4. The molecule has 3 aliphatic heterocycles. The minimum Gasteiger partial charge on any atom is -0.433 e. The lowest BCUT2D eigenvalue weighted by molar-refractivity contribution is -0.117. The molecular formula is C32H32Cl2N4O3. The van der Waals surface area contributed by atoms with Crippen molar-refractivity contribution in [2.45, 2.75) is 57.9 Å². The van der Waals surface area contributed by atoms with Crippen molar-refractivity contribution in [3.63, 3.8) is 0 Å². The van der Waals surface area contributed by atoms with E-state index in [-0.39, 0.29) is 29.3 Å². The third-order valence-electron chi connectivity index (χ3n) is 8.49. The number of ketones is 1. The molecule has 2 aromatic carbocycles. The summed E-state index contributed by atoms with van der Waals surface area (Å²) in [5.74, 6) is -0.150. The van der Waals surface area contributed by atoms with Gasteiger partial charge in [-0.25, -0.2) is 4.99 Å². The van der Waals surface area contributed by atoms with Crippen LogP contribution in [0.5, 0.6) is 0 Å². The number of rotatable bonds is 6. The summed E-state index contributed by atoms with van der Waals surface area (Å²) < 4.78 is 6.25. The lowest BCUT2D eigenvalue weighted by Gasteiger charge is -2.35. The summed E-state index contributed by atoms with van der Waals surface area (Å²) in [7, 11) is 0. The highest BCUT2D eigenvalue weighted by molar-refractivity contribution is 6.31. The van der Waals surface area contributed by atoms with Gasteiger partial charge in [0.05, 0.1) is 11.3 Å². The van der Waals surface area contributed by atoms with Crippen molar-refractivity contribution in [3.8, 4) is 0 Å². The van der Waals surface area contributed by atoms with Crippen LogP contribution < -0.4 is 21.1 Å². The molecule has 9 heteroatoms. The van der Waals surface area contributed by atoms with E-state index in [1.165, 1.54) is 0 Å². The molecule has 1 aromatic heterocycles. The average molecular weight is 592 g/mol. The maximum Gasteiger partial charge on any atom is 0.227 e. The number of carbonyl (C=O) groups is 2. The SMILES string of the molecule is CC1=NNCC1c1ccc(C2N=c3oc(C(=O)C(C)C)c(N4CCCC4=O)c3=CC2(C)c2ccc(Cl)cc2)c(Cl)c1. The first-order chi connectivity index (χ1) is 19.6. The molecule has 3 atom stereocenters. The molecule has 0 radical (unpaired) electrons. The molecule has 4 heterocycles. The Hall–Kier alpha value is -3.42. The van der Waals surface area contributed by atoms with Gasteiger partial charge < -0.3 is 14.7 Å². The number of nitrogens with zero attached hydrogens (tertiary/aromatic N) is 3. The zero-order valence-corrected chi connectivity index (χ0v) is 25.0. The van der Waals surface area contributed by atoms with Crippen LogP contribution in [0.2, 0.25) is 10.0 Å². The van der Waals surface area contributed by atoms with Gasteiger partial charge in [0.1, 0.15) is 5.69 Å². The Bertz CT molecular complexity index is 1710. The number of benzene rings is 2. The topological polar surface area (TPSA) is 87.3 Å². The van der Waals surface area contributed by atoms with Crippen LogP contribution in [0.3, 0.4) is 0 Å². The molecule has 7 nitrogen and oxygen atoms in total. The van der Waals surface area contributed by atoms with Crippen molar-refractivity contribution in [2.24, 2.45) is 16.0 Å². The van der Waals surface area contributed by atoms with Gasteiger partial charge in [-0.2, -0.15) is 5.10 Å². The van der Waals surface area contributed by atoms with Crippen molar-refractivity contribution in [1.82, 2.24) is 5.43 Å². The van der Waals surface area contributed by atoms with Crippen LogP contribution in [0.1, 0.15) is 79.7 Å². The first kappa shape index (κ1) is 27.7. The Morgan fingerprint density at radius 1 is 1.17 bits per heavy atom. The van der Waals surface area contributed by atoms with Crippen LogP contribution in [0, 0.1) is 5.92 Å². The fourth-order valence-electron chi connectivity index (χ4n) is 6.13. The molecule has 3 aromatic rings. The zero-order valence-electron chi connectivity index (χ0n) is 23.5. The molecule has 0 bridgehead atoms. The van der Waals surface area contributed by atoms with Crippen molar-refractivity contribution in [1.29, 1.82) is 0 Å². The van der Waals surface area contributed by atoms with Crippen molar-refractivity contribution in [2.75, 3.05) is 18.0 Å². The van der Waals surface area contributed by atoms with Gasteiger partial charge in [0, 0.05) is 52.5 Å². The summed E-state index contributed by atoms with van der Waals surface area (Å²) in [6.07, 6.45) is 3.25. The van der Waals surface area contributed by atoms with Gasteiger partial charge in [0.2, 0.25) is 17.2 Å². The van der Waals surface area contributed by atoms with Crippen molar-refractivity contribution < 1.29 is 14.0 Å². The van der Waals surface area contributed by atoms with E-state index >= 15 is 0 Å². The Kier molecular flexibility index (Phi) is 7.07. The molecule has 1 N–H and O–H groups in total. The Labute approximate surface area is 248 Å². The second-order valence-electron chi connectivity index (χ2n) is 11.6. The van der Waals surface area contributed by atoms with E-state index in [9.17, 15) is 9.59 Å². The predicted molar refractivity (Wildman–Crippen MR) is 162 cm³/mol. The number of nitrogens with one attached hydrogen (secondary N) is 1. The number of carbonyl (C=O) groups excluding carboxylic acids is 2. The molecule has 0 aliphatic carbocycles. The fourth-order valence-corrected chi connectivity index (χ4v) is 6.55. The lowest BCUT2D eigenvalue weighted by atomic mass is 9.72. The minimum absolute atomic E-state index is 0.0194. The van der Waals surface area contributed by atoms with E-state index in [0.29, 0.717) is 39.5 Å². The molecule has 41 heavy (non-hydrogen) atoms. The molecule has 3 unspecified atom stereocenters. The van der Waals surface area contributed by atoms with Crippen molar-refractivity contribution in [3.05, 3.63) is 85.7 Å². The first-order valence-corrected chi connectivity index (χ1v) is 14.7. The number of anilines is 1. The van der Waals surface area contributed by atoms with Gasteiger partial charge >= 0.3 is 0 Å². The average Bonchev–Trinajstić information content (AvgIpc) is 3.65. The zero-order chi connectivity index (χ0) is 29.1. The predicted octanol–water partition coefficient (Wildman–Crippen LogP) is 5.73. The molecule has 212 valence electrons. The third kappa shape index (κ3) is 4.69. The molecule has 1 fully saturated rings. The van der Waals surface area contributed by atoms with Crippen LogP contribution in [0.4, 0.5) is 5.69 Å². The van der Waals surface area contributed by atoms with Gasteiger partial charge in [-0.05, 0) is 55.2 Å². The monoisotopic (exact) mass is 590 g/mol. The number of hydrazone groups is 1. The van der Waals surface area contributed by atoms with Gasteiger partial charge in [0.15, 0.2) is 5.76 Å². The summed E-state index contributed by atoms with van der Waals surface area (Å²) in [5.41, 5.74) is 7.12. The minimum atomic E-state index is -0.700. The number of amides is 1. The van der Waals surface area contributed by atoms with Crippen molar-refractivity contribution >= 4 is 52.4 Å². The Balaban J connectivity index is 1.58. The maximum atomic E-state index is 13.4. The summed E-state index contributed by atoms with van der Waals surface area (Å²) >= 11 is 13.3. The quantitative estimate of drug-likeness (QED) is 0.371. The van der Waals surface area contributed by atoms with E-state index in [0.717, 1.165) is 35.4 Å².